The van der Waals surface area contributed by atoms with E-state index in [1.54, 1.807) is 30.5 Å². The molecule has 0 spiro atoms. The van der Waals surface area contributed by atoms with Gasteiger partial charge in [0.1, 0.15) is 5.58 Å². The standard InChI is InChI=1S/C32H23F3NO.C32H31N2.Ir/c1-31(2,32(33,34)35)19-20-10-12-21(13-11-20)23-16-17-36-27(18-23)25-8-5-9-26-29-24-7-4-3-6-22(24)14-15-28(29)37-30(25)26;1-21(2)26-14-11-15-27(22(3)4)31(26)34-30-17-10-9-16-29(30)33-32(34)25-19-18-23(5)28(20-25)24-12-7-6-8-13-24;/h3-7,9-18H,19H2,1-2H3;6-18,20-22H,1-5H3;/q2*-1;/i19D2;5D3,21D,22D;. The molecule has 0 unspecified atom stereocenters. The third-order valence-electron chi connectivity index (χ3n) is 12.9. The van der Waals surface area contributed by atoms with E-state index < -0.39 is 36.6 Å². The van der Waals surface area contributed by atoms with Crippen molar-refractivity contribution in [3.8, 4) is 50.6 Å². The van der Waals surface area contributed by atoms with Gasteiger partial charge in [0.15, 0.2) is 0 Å². The van der Waals surface area contributed by atoms with Gasteiger partial charge in [-0.25, -0.2) is 0 Å². The van der Waals surface area contributed by atoms with Gasteiger partial charge in [-0.2, -0.15) is 13.2 Å². The molecule has 0 bridgehead atoms. The number of fused-ring (bicyclic) bond motifs is 6. The van der Waals surface area contributed by atoms with E-state index in [-0.39, 0.29) is 31.2 Å². The fourth-order valence-corrected chi connectivity index (χ4v) is 9.13. The van der Waals surface area contributed by atoms with Crippen LogP contribution >= 0.6 is 0 Å². The molecule has 0 aliphatic rings. The van der Waals surface area contributed by atoms with Gasteiger partial charge in [0.05, 0.1) is 27.9 Å². The molecule has 0 N–H and O–H groups in total. The molecule has 11 aromatic rings. The van der Waals surface area contributed by atoms with Crippen LogP contribution in [0.4, 0.5) is 13.2 Å². The first-order chi connectivity index (χ1) is 36.8. The van der Waals surface area contributed by atoms with Crippen LogP contribution < -0.4 is 0 Å². The first kappa shape index (κ1) is 41.5. The number of hydrogen-bond donors (Lipinski definition) is 0. The fraction of sp³-hybridized carbons (Fsp3) is 0.188. The molecule has 0 atom stereocenters. The Hall–Kier alpha value is -7.12. The number of halogens is 3. The van der Waals surface area contributed by atoms with Crippen molar-refractivity contribution in [2.45, 2.75) is 72.7 Å². The molecular weight excluding hydrogens is 1080 g/mol. The van der Waals surface area contributed by atoms with Gasteiger partial charge in [-0.15, -0.1) is 47.5 Å². The maximum atomic E-state index is 13.6. The van der Waals surface area contributed by atoms with E-state index in [0.717, 1.165) is 85.5 Å². The van der Waals surface area contributed by atoms with Gasteiger partial charge in [0, 0.05) is 47.0 Å². The summed E-state index contributed by atoms with van der Waals surface area (Å²) in [7, 11) is 0. The van der Waals surface area contributed by atoms with Crippen LogP contribution in [0.25, 0.3) is 94.3 Å². The van der Waals surface area contributed by atoms with Crippen LogP contribution in [-0.4, -0.2) is 20.7 Å². The van der Waals surface area contributed by atoms with Gasteiger partial charge in [0.25, 0.3) is 0 Å². The maximum Gasteiger partial charge on any atom is 0.394 e. The van der Waals surface area contributed by atoms with Crippen molar-refractivity contribution < 1.29 is 47.3 Å². The minimum absolute atomic E-state index is 0. The Balaban J connectivity index is 0.000000189. The van der Waals surface area contributed by atoms with Crippen LogP contribution in [0, 0.1) is 24.4 Å². The number of alkyl halides is 3. The molecule has 3 heterocycles. The molecule has 72 heavy (non-hydrogen) atoms. The van der Waals surface area contributed by atoms with Gasteiger partial charge < -0.3 is 14.0 Å². The summed E-state index contributed by atoms with van der Waals surface area (Å²) < 4.78 is 108. The van der Waals surface area contributed by atoms with Crippen LogP contribution in [-0.2, 0) is 26.5 Å². The second-order valence-electron chi connectivity index (χ2n) is 18.6. The number of imidazole rings is 1. The van der Waals surface area contributed by atoms with Crippen molar-refractivity contribution in [3.63, 3.8) is 0 Å². The van der Waals surface area contributed by atoms with E-state index in [1.165, 1.54) is 12.1 Å². The SMILES string of the molecule is [2H]C([2H])([2H])c1c[c-]c(-c2nc3ccccc3n2-c2c(C([2H])(C)C)cccc2C([2H])(C)C)cc1-c1ccccc1.[2H]C([2H])(c1ccc(-c2ccnc(-c3[c-]ccc4c3oc3ccc5ccccc5c34)c2)cc1)C(C)(C)C(F)(F)F.[Ir]. The van der Waals surface area contributed by atoms with Crippen molar-refractivity contribution >= 4 is 43.7 Å². The third-order valence-corrected chi connectivity index (χ3v) is 12.9. The summed E-state index contributed by atoms with van der Waals surface area (Å²) in [6.07, 6.45) is -5.64. The van der Waals surface area contributed by atoms with Gasteiger partial charge in [-0.3, -0.25) is 4.98 Å². The van der Waals surface area contributed by atoms with E-state index in [9.17, 15) is 13.2 Å². The van der Waals surface area contributed by atoms with Gasteiger partial charge >= 0.3 is 6.18 Å². The molecule has 0 saturated carbocycles. The quantitative estimate of drug-likeness (QED) is 0.135. The van der Waals surface area contributed by atoms with Crippen molar-refractivity contribution in [2.24, 2.45) is 5.41 Å². The smallest absolute Gasteiger partial charge is 0.394 e. The van der Waals surface area contributed by atoms with Crippen LogP contribution in [0.1, 0.15) is 85.2 Å². The van der Waals surface area contributed by atoms with Crippen LogP contribution in [0.15, 0.2) is 180 Å². The number of rotatable bonds is 9. The van der Waals surface area contributed by atoms with E-state index in [2.05, 4.69) is 29.2 Å². The first-order valence-electron chi connectivity index (χ1n) is 26.9. The molecule has 8 aromatic carbocycles. The van der Waals surface area contributed by atoms with Gasteiger partial charge in [-0.05, 0) is 92.3 Å². The van der Waals surface area contributed by atoms with E-state index >= 15 is 0 Å². The number of para-hydroxylation sites is 3. The molecule has 8 heteroatoms. The molecule has 0 fully saturated rings. The topological polar surface area (TPSA) is 43.9 Å². The summed E-state index contributed by atoms with van der Waals surface area (Å²) in [6.45, 7) is 6.82. The second-order valence-corrected chi connectivity index (χ2v) is 18.6. The largest absolute Gasteiger partial charge is 0.501 e. The summed E-state index contributed by atoms with van der Waals surface area (Å²) in [6, 6.07) is 58.7. The predicted octanol–water partition coefficient (Wildman–Crippen LogP) is 18.1. The van der Waals surface area contributed by atoms with Crippen molar-refractivity contribution in [3.05, 3.63) is 210 Å². The zero-order valence-corrected chi connectivity index (χ0v) is 42.9. The molecule has 0 saturated heterocycles. The molecule has 363 valence electrons. The van der Waals surface area contributed by atoms with Gasteiger partial charge in [-0.1, -0.05) is 186 Å². The summed E-state index contributed by atoms with van der Waals surface area (Å²) >= 11 is 0. The monoisotopic (exact) mass is 1140 g/mol. The van der Waals surface area contributed by atoms with Crippen LogP contribution in [0.2, 0.25) is 0 Å². The Labute approximate surface area is 442 Å². The van der Waals surface area contributed by atoms with E-state index in [0.29, 0.717) is 33.8 Å². The first-order valence-corrected chi connectivity index (χ1v) is 23.4. The average Bonchev–Trinajstić information content (AvgIpc) is 4.26. The number of aryl methyl sites for hydroxylation is 1. The minimum atomic E-state index is -4.70. The number of aromatic nitrogens is 3. The molecule has 11 rings (SSSR count). The summed E-state index contributed by atoms with van der Waals surface area (Å²) in [5.74, 6) is -1.33. The molecule has 0 aliphatic heterocycles. The molecular formula is C64H54F3IrN3O-2. The van der Waals surface area contributed by atoms with Crippen molar-refractivity contribution in [2.75, 3.05) is 0 Å². The van der Waals surface area contributed by atoms with Crippen molar-refractivity contribution in [1.82, 2.24) is 14.5 Å². The number of hydrogen-bond acceptors (Lipinski definition) is 3. The molecule has 1 radical (unpaired) electrons. The molecule has 0 aliphatic carbocycles. The Morgan fingerprint density at radius 2 is 1.43 bits per heavy atom. The fourth-order valence-electron chi connectivity index (χ4n) is 9.13. The second kappa shape index (κ2) is 20.2. The minimum Gasteiger partial charge on any atom is -0.501 e. The Kier molecular flexibility index (Phi) is 11.6. The zero-order chi connectivity index (χ0) is 55.7. The average molecular weight is 1140 g/mol. The number of nitrogens with zero attached hydrogens (tertiary/aromatic N) is 3. The van der Waals surface area contributed by atoms with Gasteiger partial charge in [0.2, 0.25) is 0 Å². The van der Waals surface area contributed by atoms with Crippen LogP contribution in [0.5, 0.6) is 0 Å². The summed E-state index contributed by atoms with van der Waals surface area (Å²) in [4.78, 5) is 9.56. The zero-order valence-electron chi connectivity index (χ0n) is 47.5. The maximum absolute atomic E-state index is 13.6. The number of benzene rings is 8. The molecule has 4 nitrogen and oxygen atoms in total. The predicted molar refractivity (Wildman–Crippen MR) is 286 cm³/mol. The Morgan fingerprint density at radius 1 is 0.722 bits per heavy atom. The summed E-state index contributed by atoms with van der Waals surface area (Å²) in [5, 5.41) is 4.21. The van der Waals surface area contributed by atoms with Crippen LogP contribution in [0.3, 0.4) is 0 Å². The molecule has 0 amide bonds. The van der Waals surface area contributed by atoms with Crippen molar-refractivity contribution in [1.29, 1.82) is 0 Å². The number of pyridine rings is 1. The Bertz CT molecular complexity index is 4010. The van der Waals surface area contributed by atoms with E-state index in [1.807, 2.05) is 154 Å². The Morgan fingerprint density at radius 3 is 2.15 bits per heavy atom. The van der Waals surface area contributed by atoms with E-state index in [4.69, 9.17) is 19.0 Å². The summed E-state index contributed by atoms with van der Waals surface area (Å²) in [5.41, 5.74) is 7.83. The molecule has 3 aromatic heterocycles. The third kappa shape index (κ3) is 9.54. The normalized spacial score (nSPS) is 14.0. The number of furan rings is 1.